The van der Waals surface area contributed by atoms with Gasteiger partial charge in [0.1, 0.15) is 10.2 Å². The van der Waals surface area contributed by atoms with Gasteiger partial charge in [-0.1, -0.05) is 37.0 Å². The van der Waals surface area contributed by atoms with Crippen LogP contribution in [-0.4, -0.2) is 10.9 Å². The standard InChI is InChI=1S/C12H11BrCl2O2/c1-6(2)11(16)10(13)12(17)8-4-3-7(14)5-9(8)15/h3-6,17H,1-2H3/b12-10+. The Morgan fingerprint density at radius 1 is 1.35 bits per heavy atom. The zero-order valence-electron chi connectivity index (χ0n) is 9.30. The van der Waals surface area contributed by atoms with E-state index in [2.05, 4.69) is 15.9 Å². The third kappa shape index (κ3) is 3.47. The quantitative estimate of drug-likeness (QED) is 0.633. The molecule has 0 saturated heterocycles. The van der Waals surface area contributed by atoms with Crippen molar-refractivity contribution in [3.8, 4) is 0 Å². The summed E-state index contributed by atoms with van der Waals surface area (Å²) in [4.78, 5) is 11.7. The van der Waals surface area contributed by atoms with Crippen LogP contribution in [-0.2, 0) is 4.79 Å². The van der Waals surface area contributed by atoms with E-state index in [4.69, 9.17) is 23.2 Å². The second kappa shape index (κ2) is 5.89. The lowest BCUT2D eigenvalue weighted by atomic mass is 10.1. The Kier molecular flexibility index (Phi) is 5.04. The minimum atomic E-state index is -0.211. The fraction of sp³-hybridized carbons (Fsp3) is 0.250. The van der Waals surface area contributed by atoms with Gasteiger partial charge in [-0.3, -0.25) is 4.79 Å². The first-order valence-corrected chi connectivity index (χ1v) is 6.48. The van der Waals surface area contributed by atoms with Gasteiger partial charge in [0.15, 0.2) is 5.78 Å². The first kappa shape index (κ1) is 14.6. The molecular formula is C12H11BrCl2O2. The maximum Gasteiger partial charge on any atom is 0.176 e. The van der Waals surface area contributed by atoms with Gasteiger partial charge in [0.25, 0.3) is 0 Å². The van der Waals surface area contributed by atoms with Gasteiger partial charge in [-0.15, -0.1) is 0 Å². The molecule has 0 atom stereocenters. The normalized spacial score (nSPS) is 12.6. The molecule has 1 aromatic rings. The second-order valence-corrected chi connectivity index (χ2v) is 5.44. The number of allylic oxidation sites excluding steroid dienone is 1. The molecule has 1 rings (SSSR count). The van der Waals surface area contributed by atoms with Crippen molar-refractivity contribution in [1.82, 2.24) is 0 Å². The summed E-state index contributed by atoms with van der Waals surface area (Å²) in [6.07, 6.45) is 0. The highest BCUT2D eigenvalue weighted by atomic mass is 79.9. The molecule has 0 bridgehead atoms. The zero-order chi connectivity index (χ0) is 13.2. The molecule has 0 spiro atoms. The fourth-order valence-electron chi connectivity index (χ4n) is 1.17. The van der Waals surface area contributed by atoms with E-state index in [1.165, 1.54) is 6.07 Å². The van der Waals surface area contributed by atoms with Gasteiger partial charge < -0.3 is 5.11 Å². The summed E-state index contributed by atoms with van der Waals surface area (Å²) >= 11 is 14.8. The fourth-order valence-corrected chi connectivity index (χ4v) is 2.34. The summed E-state index contributed by atoms with van der Waals surface area (Å²) < 4.78 is 0.122. The molecular weight excluding hydrogens is 327 g/mol. The molecule has 0 aromatic heterocycles. The van der Waals surface area contributed by atoms with Gasteiger partial charge in [0.05, 0.1) is 5.02 Å². The Morgan fingerprint density at radius 3 is 2.41 bits per heavy atom. The number of carbonyl (C=O) groups excluding carboxylic acids is 1. The minimum absolute atomic E-state index is 0.122. The number of aliphatic hydroxyl groups excluding tert-OH is 1. The molecule has 0 aliphatic rings. The molecule has 1 aromatic carbocycles. The van der Waals surface area contributed by atoms with Crippen LogP contribution >= 0.6 is 39.1 Å². The number of benzene rings is 1. The first-order chi connectivity index (χ1) is 7.84. The molecule has 2 nitrogen and oxygen atoms in total. The molecule has 0 radical (unpaired) electrons. The predicted molar refractivity (Wildman–Crippen MR) is 74.8 cm³/mol. The topological polar surface area (TPSA) is 37.3 Å². The van der Waals surface area contributed by atoms with Crippen LogP contribution in [0.4, 0.5) is 0 Å². The van der Waals surface area contributed by atoms with Crippen LogP contribution in [0.1, 0.15) is 19.4 Å². The van der Waals surface area contributed by atoms with Crippen LogP contribution in [0.2, 0.25) is 10.0 Å². The number of aliphatic hydroxyl groups is 1. The number of halogens is 3. The monoisotopic (exact) mass is 336 g/mol. The van der Waals surface area contributed by atoms with E-state index < -0.39 is 0 Å². The highest BCUT2D eigenvalue weighted by Crippen LogP contribution is 2.30. The first-order valence-electron chi connectivity index (χ1n) is 4.93. The van der Waals surface area contributed by atoms with Crippen molar-refractivity contribution >= 4 is 50.7 Å². The smallest absolute Gasteiger partial charge is 0.176 e. The lowest BCUT2D eigenvalue weighted by Crippen LogP contribution is -2.08. The Balaban J connectivity index is 3.23. The molecule has 0 unspecified atom stereocenters. The number of carbonyl (C=O) groups is 1. The largest absolute Gasteiger partial charge is 0.506 e. The number of ketones is 1. The summed E-state index contributed by atoms with van der Waals surface area (Å²) in [7, 11) is 0. The van der Waals surface area contributed by atoms with Gasteiger partial charge in [-0.05, 0) is 34.1 Å². The van der Waals surface area contributed by atoms with E-state index >= 15 is 0 Å². The number of rotatable bonds is 3. The number of hydrogen-bond acceptors (Lipinski definition) is 2. The van der Waals surface area contributed by atoms with Gasteiger partial charge >= 0.3 is 0 Å². The van der Waals surface area contributed by atoms with Crippen molar-refractivity contribution in [2.24, 2.45) is 5.92 Å². The molecule has 0 saturated carbocycles. The maximum absolute atomic E-state index is 11.7. The van der Waals surface area contributed by atoms with Crippen molar-refractivity contribution in [2.75, 3.05) is 0 Å². The van der Waals surface area contributed by atoms with Crippen LogP contribution in [0.3, 0.4) is 0 Å². The summed E-state index contributed by atoms with van der Waals surface area (Å²) in [6, 6.07) is 4.67. The highest BCUT2D eigenvalue weighted by Gasteiger charge is 2.18. The van der Waals surface area contributed by atoms with E-state index in [1.807, 2.05) is 0 Å². The second-order valence-electron chi connectivity index (χ2n) is 3.81. The van der Waals surface area contributed by atoms with Crippen molar-refractivity contribution in [1.29, 1.82) is 0 Å². The minimum Gasteiger partial charge on any atom is -0.506 e. The summed E-state index contributed by atoms with van der Waals surface area (Å²) in [5.41, 5.74) is 0.372. The maximum atomic E-state index is 11.7. The van der Waals surface area contributed by atoms with Gasteiger partial charge in [-0.2, -0.15) is 0 Å². The van der Waals surface area contributed by atoms with Gasteiger partial charge in [0.2, 0.25) is 0 Å². The molecule has 1 N–H and O–H groups in total. The van der Waals surface area contributed by atoms with Crippen molar-refractivity contribution < 1.29 is 9.90 Å². The molecule has 17 heavy (non-hydrogen) atoms. The molecule has 0 amide bonds. The predicted octanol–water partition coefficient (Wildman–Crippen LogP) is 4.84. The lowest BCUT2D eigenvalue weighted by molar-refractivity contribution is -0.117. The van der Waals surface area contributed by atoms with E-state index in [0.29, 0.717) is 15.6 Å². The summed E-state index contributed by atoms with van der Waals surface area (Å²) in [6.45, 7) is 3.50. The Morgan fingerprint density at radius 2 is 1.94 bits per heavy atom. The van der Waals surface area contributed by atoms with Gasteiger partial charge in [0, 0.05) is 16.5 Å². The molecule has 5 heteroatoms. The summed E-state index contributed by atoms with van der Waals surface area (Å²) in [5, 5.41) is 10.7. The van der Waals surface area contributed by atoms with Crippen molar-refractivity contribution in [2.45, 2.75) is 13.8 Å². The van der Waals surface area contributed by atoms with Crippen LogP contribution in [0.25, 0.3) is 5.76 Å². The Labute approximate surface area is 118 Å². The van der Waals surface area contributed by atoms with Crippen LogP contribution in [0.5, 0.6) is 0 Å². The van der Waals surface area contributed by atoms with Crippen LogP contribution < -0.4 is 0 Å². The number of Topliss-reactive ketones (excluding diaryl/α,β-unsaturated/α-hetero) is 1. The van der Waals surface area contributed by atoms with Crippen LogP contribution in [0, 0.1) is 5.92 Å². The van der Waals surface area contributed by atoms with E-state index in [-0.39, 0.29) is 21.9 Å². The van der Waals surface area contributed by atoms with E-state index in [1.54, 1.807) is 26.0 Å². The lowest BCUT2D eigenvalue weighted by Gasteiger charge is -2.08. The SMILES string of the molecule is CC(C)C(=O)/C(Br)=C(\O)c1ccc(Cl)cc1Cl. The van der Waals surface area contributed by atoms with E-state index in [9.17, 15) is 9.90 Å². The van der Waals surface area contributed by atoms with E-state index in [0.717, 1.165) is 0 Å². The number of hydrogen-bond donors (Lipinski definition) is 1. The third-order valence-electron chi connectivity index (χ3n) is 2.13. The molecule has 92 valence electrons. The van der Waals surface area contributed by atoms with Crippen molar-refractivity contribution in [3.63, 3.8) is 0 Å². The highest BCUT2D eigenvalue weighted by molar-refractivity contribution is 9.12. The Bertz CT molecular complexity index is 481. The van der Waals surface area contributed by atoms with Crippen molar-refractivity contribution in [3.05, 3.63) is 38.3 Å². The average Bonchev–Trinajstić information content (AvgIpc) is 2.26. The summed E-state index contributed by atoms with van der Waals surface area (Å²) in [5.74, 6) is -0.573. The molecule has 0 fully saturated rings. The van der Waals surface area contributed by atoms with Crippen LogP contribution in [0.15, 0.2) is 22.7 Å². The zero-order valence-corrected chi connectivity index (χ0v) is 12.4. The van der Waals surface area contributed by atoms with Gasteiger partial charge in [-0.25, -0.2) is 0 Å². The Hall–Kier alpha value is -0.510. The molecule has 0 aliphatic heterocycles. The molecule has 0 heterocycles. The average molecular weight is 338 g/mol. The third-order valence-corrected chi connectivity index (χ3v) is 3.45. The molecule has 0 aliphatic carbocycles.